The maximum atomic E-state index is 2.64. The van der Waals surface area contributed by atoms with Crippen molar-refractivity contribution in [2.24, 2.45) is 0 Å². The van der Waals surface area contributed by atoms with Crippen molar-refractivity contribution >= 4 is 14.8 Å². The molecule has 0 fully saturated rings. The van der Waals surface area contributed by atoms with Crippen LogP contribution in [0.2, 0.25) is 13.1 Å². The van der Waals surface area contributed by atoms with Crippen molar-refractivity contribution in [1.29, 1.82) is 0 Å². The van der Waals surface area contributed by atoms with Crippen molar-refractivity contribution in [3.05, 3.63) is 130 Å². The van der Waals surface area contributed by atoms with E-state index in [-0.39, 0.29) is 24.8 Å². The van der Waals surface area contributed by atoms with Crippen LogP contribution < -0.4 is 28.1 Å². The zero-order valence-electron chi connectivity index (χ0n) is 21.1. The standard InChI is InChI=1S/C17H15.C13H9.C2H7Si.2ClH.Zr/c1-13-11-15-9-5-6-10-16(15)17(13)12-14-7-3-2-4-8-14;1-3-7-12-10(5-1)9-11-6-2-4-8-13(11)12;1-3-2;;;/h2-11H,12H2,1H3;1-5,7-8H,9H2;3H,1-2H3;2*1H;/q;;;;;+2/p-2. The van der Waals surface area contributed by atoms with Gasteiger partial charge in [-0.25, -0.2) is 0 Å². The van der Waals surface area contributed by atoms with E-state index < -0.39 is 26.8 Å². The molecular weight excluding hydrogens is 575 g/mol. The van der Waals surface area contributed by atoms with Crippen LogP contribution in [0.15, 0.2) is 103 Å². The minimum atomic E-state index is -2.02. The Labute approximate surface area is 236 Å². The smallest absolute Gasteiger partial charge is 1.00 e. The predicted octanol–water partition coefficient (Wildman–Crippen LogP) is 1.26. The van der Waals surface area contributed by atoms with E-state index in [1.165, 1.54) is 27.8 Å². The van der Waals surface area contributed by atoms with E-state index in [0.29, 0.717) is 3.63 Å². The van der Waals surface area contributed by atoms with Crippen molar-refractivity contribution in [2.75, 3.05) is 0 Å². The average molecular weight is 606 g/mol. The molecule has 0 saturated carbocycles. The van der Waals surface area contributed by atoms with Gasteiger partial charge in [0.1, 0.15) is 0 Å². The fraction of sp³-hybridized carbons (Fsp3) is 0.188. The zero-order chi connectivity index (χ0) is 23.2. The van der Waals surface area contributed by atoms with Crippen molar-refractivity contribution < 1.29 is 45.7 Å². The number of rotatable bonds is 5. The molecule has 181 valence electrons. The van der Waals surface area contributed by atoms with E-state index in [0.717, 1.165) is 12.8 Å². The summed E-state index contributed by atoms with van der Waals surface area (Å²) in [5, 5.41) is 0. The van der Waals surface area contributed by atoms with Crippen LogP contribution in [-0.4, -0.2) is 5.92 Å². The molecule has 0 spiro atoms. The van der Waals surface area contributed by atoms with Gasteiger partial charge in [0.05, 0.1) is 0 Å². The van der Waals surface area contributed by atoms with Crippen molar-refractivity contribution in [3.8, 4) is 11.1 Å². The van der Waals surface area contributed by atoms with E-state index in [4.69, 9.17) is 0 Å². The third kappa shape index (κ3) is 4.67. The van der Waals surface area contributed by atoms with Gasteiger partial charge < -0.3 is 24.8 Å². The summed E-state index contributed by atoms with van der Waals surface area (Å²) in [5.74, 6) is -0.844. The third-order valence-corrected chi connectivity index (χ3v) is 28.1. The number of benzene rings is 4. The second-order valence-corrected chi connectivity index (χ2v) is 29.6. The normalized spacial score (nSPS) is 15.1. The summed E-state index contributed by atoms with van der Waals surface area (Å²) in [7, 11) is 0. The average Bonchev–Trinajstić information content (AvgIpc) is 3.37. The fourth-order valence-corrected chi connectivity index (χ4v) is 27.1. The minimum absolute atomic E-state index is 0. The molecule has 2 aliphatic carbocycles. The molecule has 4 aromatic rings. The summed E-state index contributed by atoms with van der Waals surface area (Å²) in [5.41, 5.74) is 14.0. The van der Waals surface area contributed by atoms with Gasteiger partial charge in [-0.15, -0.1) is 0 Å². The first-order chi connectivity index (χ1) is 16.6. The van der Waals surface area contributed by atoms with Gasteiger partial charge in [-0.05, 0) is 0 Å². The van der Waals surface area contributed by atoms with Crippen LogP contribution in [0, 0.1) is 0 Å². The van der Waals surface area contributed by atoms with Crippen molar-refractivity contribution in [1.82, 2.24) is 0 Å². The molecule has 0 bridgehead atoms. The fourth-order valence-electron chi connectivity index (χ4n) is 6.31. The van der Waals surface area contributed by atoms with Gasteiger partial charge in [0.2, 0.25) is 0 Å². The topological polar surface area (TPSA) is 0 Å². The largest absolute Gasteiger partial charge is 1.00 e. The molecule has 1 atom stereocenters. The van der Waals surface area contributed by atoms with Crippen molar-refractivity contribution in [3.63, 3.8) is 0 Å². The Hall–Kier alpha value is -1.70. The molecule has 0 saturated heterocycles. The molecule has 2 aliphatic rings. The molecule has 0 heterocycles. The Kier molecular flexibility index (Phi) is 8.63. The first-order valence-electron chi connectivity index (χ1n) is 12.5. The molecule has 0 nitrogen and oxygen atoms in total. The molecular formula is C32H31Cl2SiZr. The molecule has 6 rings (SSSR count). The van der Waals surface area contributed by atoms with Crippen LogP contribution in [0.1, 0.15) is 38.4 Å². The first kappa shape index (κ1) is 27.3. The van der Waals surface area contributed by atoms with Crippen LogP contribution in [0.25, 0.3) is 16.7 Å². The Morgan fingerprint density at radius 3 is 2.11 bits per heavy atom. The third-order valence-electron chi connectivity index (χ3n) is 7.82. The van der Waals surface area contributed by atoms with Crippen LogP contribution in [-0.2, 0) is 33.8 Å². The monoisotopic (exact) mass is 603 g/mol. The van der Waals surface area contributed by atoms with Gasteiger partial charge in [0.25, 0.3) is 0 Å². The second-order valence-electron chi connectivity index (χ2n) is 10.1. The summed E-state index contributed by atoms with van der Waals surface area (Å²) in [6, 6.07) is 36.8. The number of hydrogen-bond acceptors (Lipinski definition) is 0. The maximum absolute atomic E-state index is 2.64. The quantitative estimate of drug-likeness (QED) is 0.265. The Morgan fingerprint density at radius 1 is 0.722 bits per heavy atom. The molecule has 0 radical (unpaired) electrons. The molecule has 0 aliphatic heterocycles. The number of halogens is 2. The molecule has 4 heteroatoms. The van der Waals surface area contributed by atoms with Crippen molar-refractivity contribution in [2.45, 2.75) is 36.5 Å². The maximum Gasteiger partial charge on any atom is -1.00 e. The number of allylic oxidation sites excluding steroid dienone is 2. The van der Waals surface area contributed by atoms with Crippen LogP contribution in [0.3, 0.4) is 0 Å². The Morgan fingerprint density at radius 2 is 1.36 bits per heavy atom. The molecule has 36 heavy (non-hydrogen) atoms. The molecule has 0 N–H and O–H groups in total. The van der Waals surface area contributed by atoms with E-state index in [9.17, 15) is 0 Å². The summed E-state index contributed by atoms with van der Waals surface area (Å²) >= 11 is -2.02. The van der Waals surface area contributed by atoms with E-state index in [2.05, 4.69) is 117 Å². The molecule has 0 amide bonds. The summed E-state index contributed by atoms with van der Waals surface area (Å²) in [6.45, 7) is 7.75. The van der Waals surface area contributed by atoms with Crippen LogP contribution in [0.5, 0.6) is 0 Å². The minimum Gasteiger partial charge on any atom is -1.00 e. The van der Waals surface area contributed by atoms with Crippen LogP contribution in [0.4, 0.5) is 0 Å². The molecule has 1 unspecified atom stereocenters. The summed E-state index contributed by atoms with van der Waals surface area (Å²) < 4.78 is 2.48. The molecule has 0 aromatic heterocycles. The Bertz CT molecular complexity index is 1410. The van der Waals surface area contributed by atoms with Gasteiger partial charge in [0.15, 0.2) is 0 Å². The zero-order valence-corrected chi connectivity index (χ0v) is 26.2. The SMILES string of the molecule is CC1=C(Cc2ccccc2)c2ccccc2[CH]1[Zr+2]([c]1cccc2c1Cc1ccccc1-2)[SiH](C)C.[Cl-].[Cl-]. The van der Waals surface area contributed by atoms with E-state index >= 15 is 0 Å². The van der Waals surface area contributed by atoms with Gasteiger partial charge in [0, 0.05) is 0 Å². The predicted molar refractivity (Wildman–Crippen MR) is 145 cm³/mol. The first-order valence-corrected chi connectivity index (χ1v) is 22.3. The van der Waals surface area contributed by atoms with Gasteiger partial charge in [-0.2, -0.15) is 0 Å². The molecule has 4 aromatic carbocycles. The van der Waals surface area contributed by atoms with E-state index in [1.807, 2.05) is 0 Å². The Balaban J connectivity index is 0.00000152. The number of fused-ring (bicyclic) bond motifs is 4. The van der Waals surface area contributed by atoms with Gasteiger partial charge in [-0.1, -0.05) is 0 Å². The van der Waals surface area contributed by atoms with E-state index in [1.54, 1.807) is 25.5 Å². The second kappa shape index (κ2) is 11.4. The number of hydrogen-bond donors (Lipinski definition) is 0. The summed E-state index contributed by atoms with van der Waals surface area (Å²) in [6.07, 6.45) is 2.18. The van der Waals surface area contributed by atoms with Crippen LogP contribution >= 0.6 is 0 Å². The summed E-state index contributed by atoms with van der Waals surface area (Å²) in [4.78, 5) is 0. The van der Waals surface area contributed by atoms with Gasteiger partial charge in [-0.3, -0.25) is 0 Å². The van der Waals surface area contributed by atoms with Gasteiger partial charge >= 0.3 is 214 Å².